The summed E-state index contributed by atoms with van der Waals surface area (Å²) < 4.78 is 0. The second-order valence-corrected chi connectivity index (χ2v) is 5.47. The molecule has 0 unspecified atom stereocenters. The van der Waals surface area contributed by atoms with E-state index in [1.54, 1.807) is 18.0 Å². The highest BCUT2D eigenvalue weighted by atomic mass is 35.5. The van der Waals surface area contributed by atoms with Gasteiger partial charge in [-0.2, -0.15) is 0 Å². The van der Waals surface area contributed by atoms with E-state index in [9.17, 15) is 0 Å². The summed E-state index contributed by atoms with van der Waals surface area (Å²) in [5.41, 5.74) is 2.00. The van der Waals surface area contributed by atoms with Gasteiger partial charge in [0.1, 0.15) is 0 Å². The van der Waals surface area contributed by atoms with E-state index in [0.29, 0.717) is 5.69 Å². The molecule has 0 saturated heterocycles. The van der Waals surface area contributed by atoms with Crippen LogP contribution in [0, 0.1) is 0 Å². The van der Waals surface area contributed by atoms with Crippen molar-refractivity contribution in [3.05, 3.63) is 58.9 Å². The summed E-state index contributed by atoms with van der Waals surface area (Å²) in [6.07, 6.45) is 2.73. The molecular formula is C14H14ClNOS. The Labute approximate surface area is 116 Å². The molecule has 0 radical (unpaired) electrons. The number of halogens is 1. The Morgan fingerprint density at radius 1 is 1.17 bits per heavy atom. The molecule has 0 atom stereocenters. The summed E-state index contributed by atoms with van der Waals surface area (Å²) >= 11 is 7.60. The van der Waals surface area contributed by atoms with Crippen molar-refractivity contribution in [3.63, 3.8) is 0 Å². The number of aromatic nitrogens is 1. The van der Waals surface area contributed by atoms with Crippen LogP contribution in [0.15, 0.2) is 47.5 Å². The Morgan fingerprint density at radius 3 is 2.67 bits per heavy atom. The third-order valence-corrected chi connectivity index (χ3v) is 3.77. The van der Waals surface area contributed by atoms with E-state index in [-0.39, 0.29) is 6.61 Å². The van der Waals surface area contributed by atoms with Crippen molar-refractivity contribution in [2.45, 2.75) is 17.9 Å². The monoisotopic (exact) mass is 279 g/mol. The van der Waals surface area contributed by atoms with Crippen molar-refractivity contribution in [2.75, 3.05) is 5.75 Å². The summed E-state index contributed by atoms with van der Waals surface area (Å²) in [4.78, 5) is 5.20. The number of aliphatic hydroxyl groups excluding tert-OH is 1. The van der Waals surface area contributed by atoms with Gasteiger partial charge in [0, 0.05) is 21.9 Å². The Bertz CT molecular complexity index is 501. The van der Waals surface area contributed by atoms with E-state index in [1.807, 2.05) is 24.3 Å². The lowest BCUT2D eigenvalue weighted by atomic mass is 10.2. The SMILES string of the molecule is OCc1cc(SCCc2ccc(Cl)cc2)ccn1. The molecule has 0 amide bonds. The van der Waals surface area contributed by atoms with E-state index in [2.05, 4.69) is 17.1 Å². The first-order valence-electron chi connectivity index (χ1n) is 5.71. The van der Waals surface area contributed by atoms with Gasteiger partial charge in [-0.05, 0) is 36.2 Å². The minimum atomic E-state index is -0.00835. The lowest BCUT2D eigenvalue weighted by Gasteiger charge is -2.03. The Kier molecular flexibility index (Phi) is 5.05. The second-order valence-electron chi connectivity index (χ2n) is 3.87. The van der Waals surface area contributed by atoms with Crippen LogP contribution in [0.3, 0.4) is 0 Å². The number of hydrogen-bond acceptors (Lipinski definition) is 3. The van der Waals surface area contributed by atoms with Crippen molar-refractivity contribution >= 4 is 23.4 Å². The van der Waals surface area contributed by atoms with Crippen molar-refractivity contribution in [1.82, 2.24) is 4.98 Å². The fourth-order valence-electron chi connectivity index (χ4n) is 1.57. The molecule has 0 bridgehead atoms. The Morgan fingerprint density at radius 2 is 1.94 bits per heavy atom. The van der Waals surface area contributed by atoms with Crippen LogP contribution in [-0.2, 0) is 13.0 Å². The maximum absolute atomic E-state index is 9.01. The number of thioether (sulfide) groups is 1. The van der Waals surface area contributed by atoms with Crippen molar-refractivity contribution in [2.24, 2.45) is 0 Å². The number of nitrogens with zero attached hydrogens (tertiary/aromatic N) is 1. The van der Waals surface area contributed by atoms with Gasteiger partial charge in [-0.25, -0.2) is 0 Å². The van der Waals surface area contributed by atoms with Crippen LogP contribution in [0.4, 0.5) is 0 Å². The number of aliphatic hydroxyl groups is 1. The van der Waals surface area contributed by atoms with Gasteiger partial charge in [0.05, 0.1) is 12.3 Å². The third-order valence-electron chi connectivity index (χ3n) is 2.52. The molecule has 0 aliphatic carbocycles. The highest BCUT2D eigenvalue weighted by Gasteiger charge is 1.98. The summed E-state index contributed by atoms with van der Waals surface area (Å²) in [6.45, 7) is -0.00835. The zero-order valence-corrected chi connectivity index (χ0v) is 11.4. The normalized spacial score (nSPS) is 10.6. The van der Waals surface area contributed by atoms with Crippen LogP contribution >= 0.6 is 23.4 Å². The standard InChI is InChI=1S/C14H14ClNOS/c15-12-3-1-11(2-4-12)6-8-18-14-5-7-16-13(9-14)10-17/h1-5,7,9,17H,6,8,10H2. The zero-order chi connectivity index (χ0) is 12.8. The smallest absolute Gasteiger partial charge is 0.0853 e. The molecule has 1 N–H and O–H groups in total. The van der Waals surface area contributed by atoms with Gasteiger partial charge < -0.3 is 5.11 Å². The van der Waals surface area contributed by atoms with Crippen molar-refractivity contribution in [3.8, 4) is 0 Å². The molecular weight excluding hydrogens is 266 g/mol. The maximum Gasteiger partial charge on any atom is 0.0853 e. The number of pyridine rings is 1. The average molecular weight is 280 g/mol. The Hall–Kier alpha value is -1.03. The molecule has 0 aliphatic heterocycles. The molecule has 0 spiro atoms. The molecule has 0 fully saturated rings. The largest absolute Gasteiger partial charge is 0.390 e. The lowest BCUT2D eigenvalue weighted by molar-refractivity contribution is 0.276. The summed E-state index contributed by atoms with van der Waals surface area (Å²) in [5, 5.41) is 9.78. The van der Waals surface area contributed by atoms with Crippen LogP contribution in [0.25, 0.3) is 0 Å². The topological polar surface area (TPSA) is 33.1 Å². The predicted molar refractivity (Wildman–Crippen MR) is 76.0 cm³/mol. The van der Waals surface area contributed by atoms with E-state index in [4.69, 9.17) is 16.7 Å². The molecule has 2 nitrogen and oxygen atoms in total. The van der Waals surface area contributed by atoms with E-state index in [0.717, 1.165) is 22.1 Å². The molecule has 4 heteroatoms. The number of aryl methyl sites for hydroxylation is 1. The van der Waals surface area contributed by atoms with Gasteiger partial charge in [-0.15, -0.1) is 11.8 Å². The summed E-state index contributed by atoms with van der Waals surface area (Å²) in [7, 11) is 0. The van der Waals surface area contributed by atoms with Crippen LogP contribution in [-0.4, -0.2) is 15.8 Å². The van der Waals surface area contributed by atoms with E-state index < -0.39 is 0 Å². The minimum Gasteiger partial charge on any atom is -0.390 e. The van der Waals surface area contributed by atoms with Gasteiger partial charge >= 0.3 is 0 Å². The fourth-order valence-corrected chi connectivity index (χ4v) is 2.65. The van der Waals surface area contributed by atoms with Crippen LogP contribution in [0.1, 0.15) is 11.3 Å². The van der Waals surface area contributed by atoms with Gasteiger partial charge in [0.25, 0.3) is 0 Å². The van der Waals surface area contributed by atoms with Crippen LogP contribution in [0.2, 0.25) is 5.02 Å². The van der Waals surface area contributed by atoms with Crippen molar-refractivity contribution < 1.29 is 5.11 Å². The second kappa shape index (κ2) is 6.78. The number of benzene rings is 1. The third kappa shape index (κ3) is 4.02. The first-order chi connectivity index (χ1) is 8.78. The minimum absolute atomic E-state index is 0.00835. The molecule has 18 heavy (non-hydrogen) atoms. The molecule has 1 aromatic carbocycles. The van der Waals surface area contributed by atoms with E-state index >= 15 is 0 Å². The maximum atomic E-state index is 9.01. The summed E-state index contributed by atoms with van der Waals surface area (Å²) in [6, 6.07) is 11.8. The average Bonchev–Trinajstić information content (AvgIpc) is 2.41. The Balaban J connectivity index is 1.86. The van der Waals surface area contributed by atoms with Crippen LogP contribution < -0.4 is 0 Å². The predicted octanol–water partition coefficient (Wildman–Crippen LogP) is 3.56. The fraction of sp³-hybridized carbons (Fsp3) is 0.214. The molecule has 2 aromatic rings. The molecule has 0 saturated carbocycles. The molecule has 1 heterocycles. The van der Waals surface area contributed by atoms with Gasteiger partial charge in [-0.1, -0.05) is 23.7 Å². The van der Waals surface area contributed by atoms with E-state index in [1.165, 1.54) is 5.56 Å². The first kappa shape index (κ1) is 13.4. The highest BCUT2D eigenvalue weighted by Crippen LogP contribution is 2.20. The quantitative estimate of drug-likeness (QED) is 0.850. The molecule has 94 valence electrons. The van der Waals surface area contributed by atoms with Crippen LogP contribution in [0.5, 0.6) is 0 Å². The molecule has 2 rings (SSSR count). The van der Waals surface area contributed by atoms with Crippen molar-refractivity contribution in [1.29, 1.82) is 0 Å². The van der Waals surface area contributed by atoms with Gasteiger partial charge in [0.2, 0.25) is 0 Å². The van der Waals surface area contributed by atoms with Gasteiger partial charge in [0.15, 0.2) is 0 Å². The van der Waals surface area contributed by atoms with Gasteiger partial charge in [-0.3, -0.25) is 4.98 Å². The number of rotatable bonds is 5. The first-order valence-corrected chi connectivity index (χ1v) is 7.07. The molecule has 1 aromatic heterocycles. The highest BCUT2D eigenvalue weighted by molar-refractivity contribution is 7.99. The zero-order valence-electron chi connectivity index (χ0n) is 9.84. The molecule has 0 aliphatic rings. The number of hydrogen-bond donors (Lipinski definition) is 1. The lowest BCUT2D eigenvalue weighted by Crippen LogP contribution is -1.91. The summed E-state index contributed by atoms with van der Waals surface area (Å²) in [5.74, 6) is 0.997.